The lowest BCUT2D eigenvalue weighted by atomic mass is 10.1. The fraction of sp³-hybridized carbons (Fsp3) is 0.500. The van der Waals surface area contributed by atoms with E-state index in [2.05, 4.69) is 15.5 Å². The third-order valence-electron chi connectivity index (χ3n) is 4.66. The van der Waals surface area contributed by atoms with Crippen molar-refractivity contribution in [3.05, 3.63) is 47.6 Å². The second-order valence-corrected chi connectivity index (χ2v) is 7.88. The van der Waals surface area contributed by atoms with Gasteiger partial charge in [0.1, 0.15) is 0 Å². The number of nitrogens with one attached hydrogen (secondary N) is 1. The van der Waals surface area contributed by atoms with Crippen LogP contribution in [-0.4, -0.2) is 45.5 Å². The highest BCUT2D eigenvalue weighted by Gasteiger charge is 2.39. The highest BCUT2D eigenvalue weighted by atomic mass is 16.5. The van der Waals surface area contributed by atoms with Crippen LogP contribution in [-0.2, 0) is 22.4 Å². The second kappa shape index (κ2) is 7.90. The number of nitrogens with zero attached hydrogens (tertiary/aromatic N) is 3. The number of amides is 2. The summed E-state index contributed by atoms with van der Waals surface area (Å²) in [6.45, 7) is 6.82. The molecule has 1 atom stereocenters. The Hall–Kier alpha value is -2.70. The Balaban J connectivity index is 1.45. The predicted molar refractivity (Wildman–Crippen MR) is 99.8 cm³/mol. The lowest BCUT2D eigenvalue weighted by Gasteiger charge is -2.31. The molecule has 144 valence electrons. The second-order valence-electron chi connectivity index (χ2n) is 7.88. The molecular weight excluding hydrogens is 344 g/mol. The summed E-state index contributed by atoms with van der Waals surface area (Å²) in [5.41, 5.74) is 0.859. The van der Waals surface area contributed by atoms with Gasteiger partial charge < -0.3 is 14.7 Å². The Morgan fingerprint density at radius 1 is 1.30 bits per heavy atom. The first-order valence-electron chi connectivity index (χ1n) is 9.26. The van der Waals surface area contributed by atoms with Gasteiger partial charge in [0, 0.05) is 37.9 Å². The molecule has 0 spiro atoms. The van der Waals surface area contributed by atoms with Crippen molar-refractivity contribution >= 4 is 11.8 Å². The average Bonchev–Trinajstić information content (AvgIpc) is 3.22. The SMILES string of the molecule is CC(C)(C)N1C[C@H](C(=O)NCCc2nc(Cc3ccccc3)no2)CC1=O. The maximum absolute atomic E-state index is 12.3. The molecule has 7 heteroatoms. The van der Waals surface area contributed by atoms with Gasteiger partial charge in [-0.1, -0.05) is 35.5 Å². The number of hydrogen-bond acceptors (Lipinski definition) is 5. The topological polar surface area (TPSA) is 88.3 Å². The fourth-order valence-electron chi connectivity index (χ4n) is 3.21. The van der Waals surface area contributed by atoms with Crippen LogP contribution in [0.5, 0.6) is 0 Å². The molecule has 2 heterocycles. The first kappa shape index (κ1) is 19.1. The van der Waals surface area contributed by atoms with Gasteiger partial charge in [-0.3, -0.25) is 9.59 Å². The van der Waals surface area contributed by atoms with Crippen molar-refractivity contribution in [2.24, 2.45) is 5.92 Å². The molecule has 0 unspecified atom stereocenters. The first-order valence-corrected chi connectivity index (χ1v) is 9.26. The van der Waals surface area contributed by atoms with Crippen LogP contribution in [0.1, 0.15) is 44.5 Å². The molecule has 1 aliphatic heterocycles. The standard InChI is InChI=1S/C20H26N4O3/c1-20(2,3)24-13-15(12-18(24)25)19(26)21-10-9-17-22-16(23-27-17)11-14-7-5-4-6-8-14/h4-8,15H,9-13H2,1-3H3,(H,21,26)/t15-/m1/s1. The molecule has 0 aliphatic carbocycles. The summed E-state index contributed by atoms with van der Waals surface area (Å²) in [6.07, 6.45) is 1.35. The molecule has 1 aromatic carbocycles. The molecule has 3 rings (SSSR count). The van der Waals surface area contributed by atoms with Crippen LogP contribution in [0.25, 0.3) is 0 Å². The Labute approximate surface area is 159 Å². The van der Waals surface area contributed by atoms with Gasteiger partial charge in [0.15, 0.2) is 5.82 Å². The molecule has 2 amide bonds. The van der Waals surface area contributed by atoms with Crippen molar-refractivity contribution in [2.45, 2.75) is 45.6 Å². The predicted octanol–water partition coefficient (Wildman–Crippen LogP) is 1.97. The van der Waals surface area contributed by atoms with E-state index >= 15 is 0 Å². The Morgan fingerprint density at radius 3 is 2.70 bits per heavy atom. The summed E-state index contributed by atoms with van der Waals surface area (Å²) < 4.78 is 5.25. The van der Waals surface area contributed by atoms with Crippen molar-refractivity contribution in [3.8, 4) is 0 Å². The van der Waals surface area contributed by atoms with Gasteiger partial charge in [0.05, 0.1) is 5.92 Å². The van der Waals surface area contributed by atoms with E-state index in [-0.39, 0.29) is 29.7 Å². The normalized spacial score (nSPS) is 17.4. The zero-order chi connectivity index (χ0) is 19.4. The van der Waals surface area contributed by atoms with E-state index in [0.29, 0.717) is 37.6 Å². The van der Waals surface area contributed by atoms with E-state index in [1.165, 1.54) is 0 Å². The number of rotatable bonds is 6. The molecule has 1 saturated heterocycles. The van der Waals surface area contributed by atoms with Crippen molar-refractivity contribution in [1.82, 2.24) is 20.4 Å². The van der Waals surface area contributed by atoms with E-state index in [1.807, 2.05) is 51.1 Å². The maximum atomic E-state index is 12.3. The maximum Gasteiger partial charge on any atom is 0.228 e. The number of hydrogen-bond donors (Lipinski definition) is 1. The van der Waals surface area contributed by atoms with Crippen LogP contribution in [0.3, 0.4) is 0 Å². The van der Waals surface area contributed by atoms with Gasteiger partial charge in [-0.25, -0.2) is 0 Å². The average molecular weight is 370 g/mol. The third-order valence-corrected chi connectivity index (χ3v) is 4.66. The number of benzene rings is 1. The van der Waals surface area contributed by atoms with E-state index in [9.17, 15) is 9.59 Å². The quantitative estimate of drug-likeness (QED) is 0.840. The van der Waals surface area contributed by atoms with Gasteiger partial charge in [-0.2, -0.15) is 4.98 Å². The summed E-state index contributed by atoms with van der Waals surface area (Å²) in [7, 11) is 0. The Bertz CT molecular complexity index is 795. The van der Waals surface area contributed by atoms with Crippen molar-refractivity contribution in [1.29, 1.82) is 0 Å². The zero-order valence-corrected chi connectivity index (χ0v) is 16.1. The number of carbonyl (C=O) groups is 2. The van der Waals surface area contributed by atoms with Crippen LogP contribution in [0.2, 0.25) is 0 Å². The number of likely N-dealkylation sites (tertiary alicyclic amines) is 1. The molecule has 7 nitrogen and oxygen atoms in total. The van der Waals surface area contributed by atoms with E-state index < -0.39 is 0 Å². The van der Waals surface area contributed by atoms with Crippen LogP contribution >= 0.6 is 0 Å². The Morgan fingerprint density at radius 2 is 2.04 bits per heavy atom. The fourth-order valence-corrected chi connectivity index (χ4v) is 3.21. The minimum atomic E-state index is -0.298. The highest BCUT2D eigenvalue weighted by Crippen LogP contribution is 2.25. The summed E-state index contributed by atoms with van der Waals surface area (Å²) >= 11 is 0. The van der Waals surface area contributed by atoms with Gasteiger partial charge in [-0.15, -0.1) is 0 Å². The molecular formula is C20H26N4O3. The largest absolute Gasteiger partial charge is 0.355 e. The van der Waals surface area contributed by atoms with E-state index in [4.69, 9.17) is 4.52 Å². The summed E-state index contributed by atoms with van der Waals surface area (Å²) in [6, 6.07) is 9.94. The summed E-state index contributed by atoms with van der Waals surface area (Å²) in [5, 5.41) is 6.86. The lowest BCUT2D eigenvalue weighted by Crippen LogP contribution is -2.43. The van der Waals surface area contributed by atoms with Crippen LogP contribution in [0, 0.1) is 5.92 Å². The monoisotopic (exact) mass is 370 g/mol. The van der Waals surface area contributed by atoms with Crippen LogP contribution < -0.4 is 5.32 Å². The lowest BCUT2D eigenvalue weighted by molar-refractivity contribution is -0.132. The molecule has 0 saturated carbocycles. The minimum absolute atomic E-state index is 0.0325. The highest BCUT2D eigenvalue weighted by molar-refractivity contribution is 5.89. The first-order chi connectivity index (χ1) is 12.8. The van der Waals surface area contributed by atoms with Gasteiger partial charge >= 0.3 is 0 Å². The molecule has 1 N–H and O–H groups in total. The molecule has 1 aromatic heterocycles. The molecule has 1 aliphatic rings. The molecule has 27 heavy (non-hydrogen) atoms. The van der Waals surface area contributed by atoms with Crippen molar-refractivity contribution in [2.75, 3.05) is 13.1 Å². The zero-order valence-electron chi connectivity index (χ0n) is 16.1. The van der Waals surface area contributed by atoms with Crippen molar-refractivity contribution < 1.29 is 14.1 Å². The number of aromatic nitrogens is 2. The molecule has 0 radical (unpaired) electrons. The summed E-state index contributed by atoms with van der Waals surface area (Å²) in [4.78, 5) is 30.6. The minimum Gasteiger partial charge on any atom is -0.355 e. The third kappa shape index (κ3) is 4.93. The van der Waals surface area contributed by atoms with Crippen molar-refractivity contribution in [3.63, 3.8) is 0 Å². The van der Waals surface area contributed by atoms with Gasteiger partial charge in [0.2, 0.25) is 17.7 Å². The number of carbonyl (C=O) groups excluding carboxylic acids is 2. The smallest absolute Gasteiger partial charge is 0.228 e. The van der Waals surface area contributed by atoms with E-state index in [1.54, 1.807) is 4.90 Å². The van der Waals surface area contributed by atoms with Crippen LogP contribution in [0.4, 0.5) is 0 Å². The molecule has 1 fully saturated rings. The van der Waals surface area contributed by atoms with Gasteiger partial charge in [-0.05, 0) is 26.3 Å². The Kier molecular flexibility index (Phi) is 5.58. The van der Waals surface area contributed by atoms with Crippen LogP contribution in [0.15, 0.2) is 34.9 Å². The van der Waals surface area contributed by atoms with Gasteiger partial charge in [0.25, 0.3) is 0 Å². The van der Waals surface area contributed by atoms with E-state index in [0.717, 1.165) is 5.56 Å². The molecule has 2 aromatic rings. The summed E-state index contributed by atoms with van der Waals surface area (Å²) in [5.74, 6) is 0.766. The molecule has 0 bridgehead atoms.